The number of fused-ring (bicyclic) bond motifs is 1. The van der Waals surface area contributed by atoms with Crippen LogP contribution in [-0.4, -0.2) is 56.8 Å². The van der Waals surface area contributed by atoms with Gasteiger partial charge in [0.1, 0.15) is 11.6 Å². The van der Waals surface area contributed by atoms with Crippen LogP contribution in [0.15, 0.2) is 6.20 Å². The Hall–Kier alpha value is -1.34. The van der Waals surface area contributed by atoms with Crippen molar-refractivity contribution in [3.63, 3.8) is 0 Å². The molecule has 0 aliphatic heterocycles. The molecule has 0 bridgehead atoms. The highest BCUT2D eigenvalue weighted by Gasteiger charge is 2.14. The molecule has 0 saturated heterocycles. The predicted octanol–water partition coefficient (Wildman–Crippen LogP) is 1.59. The van der Waals surface area contributed by atoms with E-state index >= 15 is 0 Å². The molecule has 20 heavy (non-hydrogen) atoms. The van der Waals surface area contributed by atoms with Gasteiger partial charge in [-0.3, -0.25) is 9.58 Å². The maximum absolute atomic E-state index is 4.63. The molecule has 2 heterocycles. The molecule has 7 heteroatoms. The minimum atomic E-state index is 0.494. The molecule has 2 rings (SSSR count). The molecule has 0 saturated carbocycles. The van der Waals surface area contributed by atoms with Gasteiger partial charge in [-0.2, -0.15) is 16.9 Å². The van der Waals surface area contributed by atoms with Gasteiger partial charge < -0.3 is 5.32 Å². The first-order valence-corrected chi connectivity index (χ1v) is 8.01. The summed E-state index contributed by atoms with van der Waals surface area (Å²) in [6.45, 7) is 2.95. The maximum atomic E-state index is 4.63. The van der Waals surface area contributed by atoms with Gasteiger partial charge in [0.2, 0.25) is 0 Å². The van der Waals surface area contributed by atoms with Gasteiger partial charge in [-0.05, 0) is 20.2 Å². The van der Waals surface area contributed by atoms with Crippen molar-refractivity contribution in [2.45, 2.75) is 19.5 Å². The van der Waals surface area contributed by atoms with Crippen molar-refractivity contribution in [3.8, 4) is 0 Å². The zero-order valence-corrected chi connectivity index (χ0v) is 13.5. The van der Waals surface area contributed by atoms with Gasteiger partial charge in [0.15, 0.2) is 5.65 Å². The summed E-state index contributed by atoms with van der Waals surface area (Å²) in [6.07, 6.45) is 3.92. The first kappa shape index (κ1) is 15.1. The van der Waals surface area contributed by atoms with E-state index in [0.717, 1.165) is 35.0 Å². The monoisotopic (exact) mass is 294 g/mol. The Morgan fingerprint density at radius 3 is 2.85 bits per heavy atom. The van der Waals surface area contributed by atoms with Crippen molar-refractivity contribution in [2.24, 2.45) is 7.05 Å². The molecule has 0 aliphatic carbocycles. The molecular weight excluding hydrogens is 272 g/mol. The Balaban J connectivity index is 2.28. The highest BCUT2D eigenvalue weighted by molar-refractivity contribution is 7.98. The fraction of sp³-hybridized carbons (Fsp3) is 0.615. The topological polar surface area (TPSA) is 58.9 Å². The summed E-state index contributed by atoms with van der Waals surface area (Å²) < 4.78 is 1.78. The predicted molar refractivity (Wildman–Crippen MR) is 85.2 cm³/mol. The molecule has 2 aromatic rings. The second-order valence-corrected chi connectivity index (χ2v) is 5.87. The summed E-state index contributed by atoms with van der Waals surface area (Å²) in [6, 6.07) is 0.494. The number of aryl methyl sites for hydroxylation is 1. The minimum Gasteiger partial charge on any atom is -0.372 e. The van der Waals surface area contributed by atoms with Crippen LogP contribution in [0.3, 0.4) is 0 Å². The Morgan fingerprint density at radius 2 is 2.20 bits per heavy atom. The number of aromatic nitrogens is 4. The SMILES string of the molecule is CNc1nc(CN(C)C(C)CSC)nc2c1cnn2C. The summed E-state index contributed by atoms with van der Waals surface area (Å²) in [7, 11) is 5.88. The van der Waals surface area contributed by atoms with E-state index in [9.17, 15) is 0 Å². The Kier molecular flexibility index (Phi) is 4.82. The molecule has 0 radical (unpaired) electrons. The van der Waals surface area contributed by atoms with Crippen LogP contribution in [0.2, 0.25) is 0 Å². The highest BCUT2D eigenvalue weighted by Crippen LogP contribution is 2.19. The van der Waals surface area contributed by atoms with Crippen LogP contribution < -0.4 is 5.32 Å². The fourth-order valence-electron chi connectivity index (χ4n) is 2.08. The van der Waals surface area contributed by atoms with Crippen LogP contribution in [0.5, 0.6) is 0 Å². The standard InChI is InChI=1S/C13H22N6S/c1-9(8-20-5)18(3)7-11-16-12(14-2)10-6-15-19(4)13(10)17-11/h6,9H,7-8H2,1-5H3,(H,14,16,17). The Labute approximate surface area is 124 Å². The zero-order chi connectivity index (χ0) is 14.7. The average molecular weight is 294 g/mol. The van der Waals surface area contributed by atoms with Crippen LogP contribution in [0, 0.1) is 0 Å². The second kappa shape index (κ2) is 6.41. The third-order valence-electron chi connectivity index (χ3n) is 3.43. The Morgan fingerprint density at radius 1 is 1.45 bits per heavy atom. The van der Waals surface area contributed by atoms with Crippen molar-refractivity contribution in [1.29, 1.82) is 0 Å². The number of hydrogen-bond acceptors (Lipinski definition) is 6. The molecular formula is C13H22N6S. The van der Waals surface area contributed by atoms with Crippen LogP contribution in [0.1, 0.15) is 12.7 Å². The average Bonchev–Trinajstić information content (AvgIpc) is 2.80. The van der Waals surface area contributed by atoms with Crippen molar-refractivity contribution in [2.75, 3.05) is 31.4 Å². The van der Waals surface area contributed by atoms with E-state index < -0.39 is 0 Å². The molecule has 1 unspecified atom stereocenters. The molecule has 1 atom stereocenters. The van der Waals surface area contributed by atoms with Crippen molar-refractivity contribution >= 4 is 28.6 Å². The molecule has 0 aliphatic rings. The molecule has 0 fully saturated rings. The summed E-state index contributed by atoms with van der Waals surface area (Å²) in [5, 5.41) is 8.33. The van der Waals surface area contributed by atoms with Crippen LogP contribution in [-0.2, 0) is 13.6 Å². The lowest BCUT2D eigenvalue weighted by atomic mass is 10.3. The first-order valence-electron chi connectivity index (χ1n) is 6.62. The lowest BCUT2D eigenvalue weighted by Gasteiger charge is -2.23. The summed E-state index contributed by atoms with van der Waals surface area (Å²) in [5.74, 6) is 2.76. The van der Waals surface area contributed by atoms with E-state index in [-0.39, 0.29) is 0 Å². The van der Waals surface area contributed by atoms with Gasteiger partial charge in [-0.1, -0.05) is 0 Å². The number of thioether (sulfide) groups is 1. The van der Waals surface area contributed by atoms with Crippen molar-refractivity contribution in [3.05, 3.63) is 12.0 Å². The van der Waals surface area contributed by atoms with E-state index in [0.29, 0.717) is 6.04 Å². The van der Waals surface area contributed by atoms with Gasteiger partial charge in [-0.15, -0.1) is 0 Å². The number of anilines is 1. The Bertz CT molecular complexity index is 581. The lowest BCUT2D eigenvalue weighted by Crippen LogP contribution is -2.31. The molecule has 6 nitrogen and oxygen atoms in total. The van der Waals surface area contributed by atoms with Crippen molar-refractivity contribution in [1.82, 2.24) is 24.6 Å². The third-order valence-corrected chi connectivity index (χ3v) is 4.24. The normalized spacial score (nSPS) is 13.1. The van der Waals surface area contributed by atoms with Crippen LogP contribution in [0.4, 0.5) is 5.82 Å². The number of nitrogens with one attached hydrogen (secondary N) is 1. The number of hydrogen-bond donors (Lipinski definition) is 1. The minimum absolute atomic E-state index is 0.494. The third kappa shape index (κ3) is 3.04. The van der Waals surface area contributed by atoms with Gasteiger partial charge in [-0.25, -0.2) is 9.97 Å². The fourth-order valence-corrected chi connectivity index (χ4v) is 2.81. The summed E-state index contributed by atoms with van der Waals surface area (Å²) in [4.78, 5) is 11.5. The van der Waals surface area contributed by atoms with E-state index in [1.165, 1.54) is 0 Å². The highest BCUT2D eigenvalue weighted by atomic mass is 32.2. The van der Waals surface area contributed by atoms with E-state index in [4.69, 9.17) is 0 Å². The summed E-state index contributed by atoms with van der Waals surface area (Å²) in [5.41, 5.74) is 0.866. The van der Waals surface area contributed by atoms with E-state index in [2.05, 4.69) is 45.5 Å². The second-order valence-electron chi connectivity index (χ2n) is 4.96. The lowest BCUT2D eigenvalue weighted by molar-refractivity contribution is 0.263. The largest absolute Gasteiger partial charge is 0.372 e. The van der Waals surface area contributed by atoms with Crippen molar-refractivity contribution < 1.29 is 0 Å². The molecule has 0 aromatic carbocycles. The zero-order valence-electron chi connectivity index (χ0n) is 12.7. The van der Waals surface area contributed by atoms with Gasteiger partial charge in [0, 0.05) is 25.9 Å². The van der Waals surface area contributed by atoms with Crippen LogP contribution >= 0.6 is 11.8 Å². The summed E-state index contributed by atoms with van der Waals surface area (Å²) >= 11 is 1.85. The van der Waals surface area contributed by atoms with Crippen LogP contribution in [0.25, 0.3) is 11.0 Å². The number of nitrogens with zero attached hydrogens (tertiary/aromatic N) is 5. The smallest absolute Gasteiger partial charge is 0.163 e. The first-order chi connectivity index (χ1) is 9.56. The molecule has 0 amide bonds. The molecule has 0 spiro atoms. The van der Waals surface area contributed by atoms with E-state index in [1.54, 1.807) is 10.9 Å². The quantitative estimate of drug-likeness (QED) is 0.873. The number of rotatable bonds is 6. The van der Waals surface area contributed by atoms with Gasteiger partial charge in [0.25, 0.3) is 0 Å². The molecule has 1 N–H and O–H groups in total. The van der Waals surface area contributed by atoms with Gasteiger partial charge >= 0.3 is 0 Å². The van der Waals surface area contributed by atoms with Gasteiger partial charge in [0.05, 0.1) is 18.1 Å². The maximum Gasteiger partial charge on any atom is 0.163 e. The molecule has 2 aromatic heterocycles. The molecule has 110 valence electrons. The van der Waals surface area contributed by atoms with E-state index in [1.807, 2.05) is 25.9 Å².